The van der Waals surface area contributed by atoms with Crippen molar-refractivity contribution in [3.63, 3.8) is 0 Å². The van der Waals surface area contributed by atoms with Gasteiger partial charge in [0.25, 0.3) is 5.91 Å². The van der Waals surface area contributed by atoms with Gasteiger partial charge in [0, 0.05) is 30.9 Å². The standard InChI is InChI=1S/C26H25N3O6/c1-16-4-8-23(9-5-16)35-24-10-6-20(7-11-24)29-25(32)15-34-26(33)19-12-21(27-17(2)30)14-22(13-19)28-18(3)31/h4-14H,15H2,1-3H3,(H,27,30)(H,28,31)(H,29,32). The average Bonchev–Trinajstić information content (AvgIpc) is 2.79. The molecule has 0 aliphatic heterocycles. The molecular formula is C26H25N3O6. The molecular weight excluding hydrogens is 450 g/mol. The molecule has 0 aromatic heterocycles. The van der Waals surface area contributed by atoms with Gasteiger partial charge in [0.2, 0.25) is 11.8 Å². The normalized spacial score (nSPS) is 10.1. The molecule has 0 bridgehead atoms. The van der Waals surface area contributed by atoms with E-state index in [0.717, 1.165) is 5.56 Å². The Morgan fingerprint density at radius 2 is 1.20 bits per heavy atom. The molecule has 0 aliphatic rings. The first-order chi connectivity index (χ1) is 16.7. The maximum Gasteiger partial charge on any atom is 0.338 e. The lowest BCUT2D eigenvalue weighted by atomic mass is 10.1. The fourth-order valence-electron chi connectivity index (χ4n) is 3.06. The van der Waals surface area contributed by atoms with E-state index in [1.54, 1.807) is 24.3 Å². The Balaban J connectivity index is 1.57. The van der Waals surface area contributed by atoms with Crippen LogP contribution in [0.4, 0.5) is 17.1 Å². The third-order valence-corrected chi connectivity index (χ3v) is 4.54. The van der Waals surface area contributed by atoms with Gasteiger partial charge >= 0.3 is 5.97 Å². The van der Waals surface area contributed by atoms with Crippen molar-refractivity contribution in [1.29, 1.82) is 0 Å². The number of rotatable bonds is 8. The Hall–Kier alpha value is -4.66. The molecule has 3 aromatic carbocycles. The van der Waals surface area contributed by atoms with Gasteiger partial charge in [-0.25, -0.2) is 4.79 Å². The van der Waals surface area contributed by atoms with Crippen molar-refractivity contribution in [2.45, 2.75) is 20.8 Å². The van der Waals surface area contributed by atoms with E-state index in [2.05, 4.69) is 16.0 Å². The summed E-state index contributed by atoms with van der Waals surface area (Å²) in [5.74, 6) is -0.722. The van der Waals surface area contributed by atoms with Crippen LogP contribution in [0.2, 0.25) is 0 Å². The van der Waals surface area contributed by atoms with Crippen LogP contribution >= 0.6 is 0 Å². The lowest BCUT2D eigenvalue weighted by Gasteiger charge is -2.11. The summed E-state index contributed by atoms with van der Waals surface area (Å²) in [6.45, 7) is 4.09. The second-order valence-electron chi connectivity index (χ2n) is 7.73. The molecule has 3 rings (SSSR count). The van der Waals surface area contributed by atoms with Gasteiger partial charge in [0.05, 0.1) is 5.56 Å². The van der Waals surface area contributed by atoms with E-state index in [-0.39, 0.29) is 17.4 Å². The van der Waals surface area contributed by atoms with Gasteiger partial charge in [-0.3, -0.25) is 14.4 Å². The summed E-state index contributed by atoms with van der Waals surface area (Å²) in [6, 6.07) is 18.6. The smallest absolute Gasteiger partial charge is 0.338 e. The Bertz CT molecular complexity index is 1200. The molecule has 0 saturated carbocycles. The zero-order valence-corrected chi connectivity index (χ0v) is 19.5. The SMILES string of the molecule is CC(=O)Nc1cc(NC(C)=O)cc(C(=O)OCC(=O)Nc2ccc(Oc3ccc(C)cc3)cc2)c1. The Kier molecular flexibility index (Phi) is 8.18. The van der Waals surface area contributed by atoms with Crippen molar-refractivity contribution in [3.8, 4) is 11.5 Å². The predicted octanol–water partition coefficient (Wildman–Crippen LogP) is 4.50. The summed E-state index contributed by atoms with van der Waals surface area (Å²) in [4.78, 5) is 47.5. The molecule has 0 unspecified atom stereocenters. The van der Waals surface area contributed by atoms with E-state index in [4.69, 9.17) is 9.47 Å². The number of aryl methyl sites for hydroxylation is 1. The average molecular weight is 476 g/mol. The number of anilines is 3. The van der Waals surface area contributed by atoms with Crippen LogP contribution in [0.5, 0.6) is 11.5 Å². The summed E-state index contributed by atoms with van der Waals surface area (Å²) < 4.78 is 10.8. The summed E-state index contributed by atoms with van der Waals surface area (Å²) in [5.41, 5.74) is 2.29. The van der Waals surface area contributed by atoms with Crippen LogP contribution in [0.25, 0.3) is 0 Å². The number of carbonyl (C=O) groups excluding carboxylic acids is 4. The number of benzene rings is 3. The van der Waals surface area contributed by atoms with Crippen LogP contribution in [0.3, 0.4) is 0 Å². The predicted molar refractivity (Wildman–Crippen MR) is 132 cm³/mol. The molecule has 0 saturated heterocycles. The number of amides is 3. The molecule has 0 radical (unpaired) electrons. The Labute approximate surface area is 202 Å². The monoisotopic (exact) mass is 475 g/mol. The maximum absolute atomic E-state index is 12.5. The lowest BCUT2D eigenvalue weighted by Crippen LogP contribution is -2.21. The van der Waals surface area contributed by atoms with E-state index < -0.39 is 18.5 Å². The first kappa shape index (κ1) is 25.0. The molecule has 0 atom stereocenters. The highest BCUT2D eigenvalue weighted by atomic mass is 16.5. The molecule has 9 nitrogen and oxygen atoms in total. The molecule has 9 heteroatoms. The van der Waals surface area contributed by atoms with Crippen molar-refractivity contribution < 1.29 is 28.7 Å². The van der Waals surface area contributed by atoms with Crippen LogP contribution in [0, 0.1) is 6.92 Å². The van der Waals surface area contributed by atoms with Crippen molar-refractivity contribution in [2.24, 2.45) is 0 Å². The van der Waals surface area contributed by atoms with Gasteiger partial charge in [-0.1, -0.05) is 17.7 Å². The minimum atomic E-state index is -0.791. The number of hydrogen-bond donors (Lipinski definition) is 3. The van der Waals surface area contributed by atoms with Gasteiger partial charge in [-0.2, -0.15) is 0 Å². The molecule has 3 amide bonds. The van der Waals surface area contributed by atoms with Crippen LogP contribution in [-0.2, 0) is 19.1 Å². The van der Waals surface area contributed by atoms with Crippen molar-refractivity contribution in [2.75, 3.05) is 22.6 Å². The Morgan fingerprint density at radius 1 is 0.686 bits per heavy atom. The van der Waals surface area contributed by atoms with Crippen LogP contribution < -0.4 is 20.7 Å². The highest BCUT2D eigenvalue weighted by Gasteiger charge is 2.14. The lowest BCUT2D eigenvalue weighted by molar-refractivity contribution is -0.119. The molecule has 3 N–H and O–H groups in total. The fraction of sp³-hybridized carbons (Fsp3) is 0.154. The number of nitrogens with one attached hydrogen (secondary N) is 3. The minimum absolute atomic E-state index is 0.0606. The van der Waals surface area contributed by atoms with Crippen molar-refractivity contribution in [1.82, 2.24) is 0 Å². The van der Waals surface area contributed by atoms with Crippen molar-refractivity contribution in [3.05, 3.63) is 77.9 Å². The first-order valence-electron chi connectivity index (χ1n) is 10.7. The highest BCUT2D eigenvalue weighted by molar-refractivity contribution is 5.99. The van der Waals surface area contributed by atoms with E-state index in [9.17, 15) is 19.2 Å². The minimum Gasteiger partial charge on any atom is -0.457 e. The number of hydrogen-bond acceptors (Lipinski definition) is 6. The van der Waals surface area contributed by atoms with Gasteiger partial charge in [0.15, 0.2) is 6.61 Å². The van der Waals surface area contributed by atoms with Crippen molar-refractivity contribution >= 4 is 40.8 Å². The molecule has 0 spiro atoms. The zero-order valence-electron chi connectivity index (χ0n) is 19.5. The zero-order chi connectivity index (χ0) is 25.4. The van der Waals surface area contributed by atoms with E-state index in [1.165, 1.54) is 32.0 Å². The van der Waals surface area contributed by atoms with E-state index in [0.29, 0.717) is 28.6 Å². The summed E-state index contributed by atoms with van der Waals surface area (Å²) in [6.07, 6.45) is 0. The Morgan fingerprint density at radius 3 is 1.71 bits per heavy atom. The summed E-state index contributed by atoms with van der Waals surface area (Å²) in [5, 5.41) is 7.73. The molecule has 180 valence electrons. The van der Waals surface area contributed by atoms with Crippen LogP contribution in [0.15, 0.2) is 66.7 Å². The van der Waals surface area contributed by atoms with Gasteiger partial charge < -0.3 is 25.4 Å². The molecule has 35 heavy (non-hydrogen) atoms. The van der Waals surface area contributed by atoms with E-state index >= 15 is 0 Å². The second kappa shape index (κ2) is 11.5. The van der Waals surface area contributed by atoms with Gasteiger partial charge in [0.1, 0.15) is 11.5 Å². The van der Waals surface area contributed by atoms with Crippen LogP contribution in [-0.4, -0.2) is 30.3 Å². The first-order valence-corrected chi connectivity index (χ1v) is 10.7. The summed E-state index contributed by atoms with van der Waals surface area (Å²) >= 11 is 0. The topological polar surface area (TPSA) is 123 Å². The second-order valence-corrected chi connectivity index (χ2v) is 7.73. The number of carbonyl (C=O) groups is 4. The molecule has 0 heterocycles. The molecule has 3 aromatic rings. The third kappa shape index (κ3) is 8.01. The highest BCUT2D eigenvalue weighted by Crippen LogP contribution is 2.23. The maximum atomic E-state index is 12.5. The molecule has 0 fully saturated rings. The van der Waals surface area contributed by atoms with Crippen LogP contribution in [0.1, 0.15) is 29.8 Å². The molecule has 0 aliphatic carbocycles. The third-order valence-electron chi connectivity index (χ3n) is 4.54. The fourth-order valence-corrected chi connectivity index (χ4v) is 3.06. The van der Waals surface area contributed by atoms with Gasteiger partial charge in [-0.05, 0) is 61.5 Å². The van der Waals surface area contributed by atoms with Gasteiger partial charge in [-0.15, -0.1) is 0 Å². The number of ether oxygens (including phenoxy) is 2. The largest absolute Gasteiger partial charge is 0.457 e. The van der Waals surface area contributed by atoms with E-state index in [1.807, 2.05) is 31.2 Å². The number of esters is 1. The summed E-state index contributed by atoms with van der Waals surface area (Å²) in [7, 11) is 0. The quantitative estimate of drug-likeness (QED) is 0.412.